The van der Waals surface area contributed by atoms with E-state index in [4.69, 9.17) is 0 Å². The quantitative estimate of drug-likeness (QED) is 0.197. The average Bonchev–Trinajstić information content (AvgIpc) is 3.65. The van der Waals surface area contributed by atoms with Gasteiger partial charge in [-0.05, 0) is 54.1 Å². The van der Waals surface area contributed by atoms with Gasteiger partial charge in [-0.25, -0.2) is 18.9 Å². The van der Waals surface area contributed by atoms with Crippen LogP contribution in [0.25, 0.3) is 28.2 Å². The summed E-state index contributed by atoms with van der Waals surface area (Å²) in [5.74, 6) is -1.20. The molecule has 1 aliphatic rings. The van der Waals surface area contributed by atoms with Gasteiger partial charge in [-0.2, -0.15) is 4.99 Å². The molecular weight excluding hydrogens is 612 g/mol. The second kappa shape index (κ2) is 12.2. The number of carbonyl (C=O) groups is 2. The Balaban J connectivity index is 1.17. The number of rotatable bonds is 6. The molecule has 0 spiro atoms. The number of amides is 3. The lowest BCUT2D eigenvalue weighted by Crippen LogP contribution is -2.30. The summed E-state index contributed by atoms with van der Waals surface area (Å²) in [6.45, 7) is 0. The van der Waals surface area contributed by atoms with Crippen molar-refractivity contribution in [1.29, 1.82) is 0 Å². The number of aliphatic imine (C=N–C) groups is 1. The van der Waals surface area contributed by atoms with Crippen molar-refractivity contribution in [1.82, 2.24) is 14.8 Å². The van der Waals surface area contributed by atoms with Crippen LogP contribution in [0.2, 0.25) is 0 Å². The van der Waals surface area contributed by atoms with E-state index in [2.05, 4.69) is 25.1 Å². The molecule has 0 aliphatic carbocycles. The van der Waals surface area contributed by atoms with Gasteiger partial charge in [0.15, 0.2) is 11.0 Å². The Labute approximate surface area is 257 Å². The highest BCUT2D eigenvalue weighted by molar-refractivity contribution is 8.15. The number of halogens is 4. The summed E-state index contributed by atoms with van der Waals surface area (Å²) in [6.07, 6.45) is -3.49. The number of anilines is 2. The Morgan fingerprint density at radius 2 is 1.67 bits per heavy atom. The van der Waals surface area contributed by atoms with Gasteiger partial charge in [-0.15, -0.1) is 18.3 Å². The summed E-state index contributed by atoms with van der Waals surface area (Å²) in [6, 6.07) is 24.8. The Morgan fingerprint density at radius 3 is 2.40 bits per heavy atom. The minimum atomic E-state index is -4.81. The number of carbonyl (C=O) groups excluding carboxylic acids is 2. The van der Waals surface area contributed by atoms with Crippen LogP contribution in [0, 0.1) is 5.82 Å². The highest BCUT2D eigenvalue weighted by Gasteiger charge is 2.32. The number of hydrogen-bond donors (Lipinski definition) is 1. The first kappa shape index (κ1) is 29.6. The van der Waals surface area contributed by atoms with E-state index in [1.54, 1.807) is 12.1 Å². The molecule has 0 atom stereocenters. The second-order valence-electron chi connectivity index (χ2n) is 9.47. The first-order chi connectivity index (χ1) is 21.6. The van der Waals surface area contributed by atoms with Gasteiger partial charge in [0, 0.05) is 11.1 Å². The lowest BCUT2D eigenvalue weighted by Gasteiger charge is -2.20. The largest absolute Gasteiger partial charge is 0.573 e. The molecule has 45 heavy (non-hydrogen) atoms. The van der Waals surface area contributed by atoms with E-state index < -0.39 is 18.2 Å². The molecule has 5 aromatic rings. The lowest BCUT2D eigenvalue weighted by atomic mass is 10.0. The van der Waals surface area contributed by atoms with E-state index in [9.17, 15) is 22.8 Å². The summed E-state index contributed by atoms with van der Waals surface area (Å²) in [5, 5.41) is 6.82. The predicted octanol–water partition coefficient (Wildman–Crippen LogP) is 7.31. The van der Waals surface area contributed by atoms with Gasteiger partial charge in [-0.3, -0.25) is 9.69 Å². The zero-order valence-electron chi connectivity index (χ0n) is 22.9. The van der Waals surface area contributed by atoms with Gasteiger partial charge in [0.2, 0.25) is 5.91 Å². The van der Waals surface area contributed by atoms with E-state index in [1.807, 2.05) is 42.5 Å². The Bertz CT molecular complexity index is 1910. The maximum Gasteiger partial charge on any atom is 0.573 e. The van der Waals surface area contributed by atoms with Crippen molar-refractivity contribution < 1.29 is 31.9 Å². The lowest BCUT2D eigenvalue weighted by molar-refractivity contribution is -0.274. The number of amidine groups is 1. The fourth-order valence-electron chi connectivity index (χ4n) is 4.52. The number of nitrogens with one attached hydrogen (secondary N) is 1. The number of urea groups is 1. The number of ether oxygens (including phenoxy) is 1. The molecule has 6 rings (SSSR count). The van der Waals surface area contributed by atoms with Crippen molar-refractivity contribution in [3.8, 4) is 34.0 Å². The first-order valence-electron chi connectivity index (χ1n) is 13.2. The van der Waals surface area contributed by atoms with Crippen LogP contribution in [-0.4, -0.2) is 44.0 Å². The predicted molar refractivity (Wildman–Crippen MR) is 162 cm³/mol. The maximum absolute atomic E-state index is 15.1. The third kappa shape index (κ3) is 6.70. The van der Waals surface area contributed by atoms with Gasteiger partial charge in [-0.1, -0.05) is 60.3 Å². The van der Waals surface area contributed by atoms with Crippen molar-refractivity contribution in [2.24, 2.45) is 4.99 Å². The third-order valence-corrected chi connectivity index (χ3v) is 7.41. The molecule has 4 aromatic carbocycles. The SMILES string of the molecule is O=C(N=C1SCC(=O)N1c1ccccc1-c1ccccc1)Nc1ccc(-c2ncn(-c3ccc(OC(F)(F)F)cc3)n2)cc1F. The Kier molecular flexibility index (Phi) is 8.04. The second-order valence-corrected chi connectivity index (χ2v) is 10.4. The average molecular weight is 633 g/mol. The van der Waals surface area contributed by atoms with Crippen molar-refractivity contribution in [2.75, 3.05) is 16.0 Å². The molecule has 0 radical (unpaired) electrons. The van der Waals surface area contributed by atoms with Gasteiger partial charge < -0.3 is 10.1 Å². The zero-order valence-corrected chi connectivity index (χ0v) is 23.7. The van der Waals surface area contributed by atoms with E-state index in [1.165, 1.54) is 40.2 Å². The maximum atomic E-state index is 15.1. The first-order valence-corrected chi connectivity index (χ1v) is 14.2. The van der Waals surface area contributed by atoms with Gasteiger partial charge >= 0.3 is 12.4 Å². The van der Waals surface area contributed by atoms with E-state index >= 15 is 4.39 Å². The molecule has 226 valence electrons. The Hall–Kier alpha value is -5.50. The molecule has 1 N–H and O–H groups in total. The van der Waals surface area contributed by atoms with Crippen molar-refractivity contribution in [3.63, 3.8) is 0 Å². The highest BCUT2D eigenvalue weighted by Crippen LogP contribution is 2.35. The molecule has 1 aromatic heterocycles. The number of aromatic nitrogens is 3. The Morgan fingerprint density at radius 1 is 0.933 bits per heavy atom. The minimum Gasteiger partial charge on any atom is -0.406 e. The number of benzene rings is 4. The molecule has 1 fully saturated rings. The van der Waals surface area contributed by atoms with Crippen LogP contribution in [-0.2, 0) is 4.79 Å². The highest BCUT2D eigenvalue weighted by atomic mass is 32.2. The number of alkyl halides is 3. The standard InChI is InChI=1S/C31H20F4N6O3S/c32-24-16-20(28-36-18-40(39-28)21-11-13-22(14-12-21)44-31(33,34)35)10-15-25(24)37-29(43)38-30-41(27(42)17-45-30)26-9-5-4-8-23(26)19-6-2-1-3-7-19/h1-16,18H,17H2,(H,37,43). The number of thioether (sulfide) groups is 1. The van der Waals surface area contributed by atoms with Crippen LogP contribution < -0.4 is 15.0 Å². The van der Waals surface area contributed by atoms with Crippen molar-refractivity contribution >= 4 is 40.2 Å². The minimum absolute atomic E-state index is 0.0867. The fourth-order valence-corrected chi connectivity index (χ4v) is 5.38. The summed E-state index contributed by atoms with van der Waals surface area (Å²) < 4.78 is 57.5. The molecule has 9 nitrogen and oxygen atoms in total. The topological polar surface area (TPSA) is 102 Å². The normalized spacial score (nSPS) is 14.2. The molecule has 0 unspecified atom stereocenters. The number of nitrogens with zero attached hydrogens (tertiary/aromatic N) is 5. The van der Waals surface area contributed by atoms with Gasteiger partial charge in [0.1, 0.15) is 17.9 Å². The summed E-state index contributed by atoms with van der Waals surface area (Å²) in [4.78, 5) is 35.3. The third-order valence-electron chi connectivity index (χ3n) is 6.49. The van der Waals surface area contributed by atoms with E-state index in [0.717, 1.165) is 41.1 Å². The fraction of sp³-hybridized carbons (Fsp3) is 0.0645. The molecular formula is C31H20F4N6O3S. The molecule has 0 bridgehead atoms. The summed E-state index contributed by atoms with van der Waals surface area (Å²) in [7, 11) is 0. The monoisotopic (exact) mass is 632 g/mol. The van der Waals surface area contributed by atoms with Crippen LogP contribution in [0.3, 0.4) is 0 Å². The van der Waals surface area contributed by atoms with Crippen molar-refractivity contribution in [2.45, 2.75) is 6.36 Å². The van der Waals surface area contributed by atoms with Crippen LogP contribution in [0.15, 0.2) is 108 Å². The molecule has 2 heterocycles. The molecule has 1 aliphatic heterocycles. The van der Waals surface area contributed by atoms with E-state index in [-0.39, 0.29) is 39.7 Å². The smallest absolute Gasteiger partial charge is 0.406 e. The number of hydrogen-bond acceptors (Lipinski definition) is 6. The molecule has 14 heteroatoms. The van der Waals surface area contributed by atoms with Crippen molar-refractivity contribution in [3.05, 3.63) is 109 Å². The van der Waals surface area contributed by atoms with Gasteiger partial charge in [0.25, 0.3) is 0 Å². The van der Waals surface area contributed by atoms with Crippen LogP contribution in [0.5, 0.6) is 5.75 Å². The molecule has 1 saturated heterocycles. The van der Waals surface area contributed by atoms with Crippen LogP contribution in [0.4, 0.5) is 33.7 Å². The molecule has 3 amide bonds. The van der Waals surface area contributed by atoms with Gasteiger partial charge in [0.05, 0.1) is 22.8 Å². The molecule has 0 saturated carbocycles. The summed E-state index contributed by atoms with van der Waals surface area (Å²) >= 11 is 1.10. The number of para-hydroxylation sites is 1. The van der Waals surface area contributed by atoms with E-state index in [0.29, 0.717) is 11.4 Å². The van der Waals surface area contributed by atoms with Crippen LogP contribution in [0.1, 0.15) is 0 Å². The zero-order chi connectivity index (χ0) is 31.6. The van der Waals surface area contributed by atoms with Crippen LogP contribution >= 0.6 is 11.8 Å². The summed E-state index contributed by atoms with van der Waals surface area (Å²) in [5.41, 5.74) is 2.77.